The third-order valence-corrected chi connectivity index (χ3v) is 11.0. The highest BCUT2D eigenvalue weighted by molar-refractivity contribution is 6.31. The van der Waals surface area contributed by atoms with Crippen molar-refractivity contribution in [2.75, 3.05) is 37.7 Å². The zero-order valence-corrected chi connectivity index (χ0v) is 32.5. The second kappa shape index (κ2) is 16.1. The van der Waals surface area contributed by atoms with Crippen LogP contribution >= 0.6 is 24.0 Å². The number of carbonyl (C=O) groups excluding carboxylic acids is 2. The maximum atomic E-state index is 14.8. The monoisotopic (exact) mass is 766 g/mol. The molecule has 0 spiro atoms. The van der Waals surface area contributed by atoms with Crippen LogP contribution in [0.1, 0.15) is 55.8 Å². The number of aromatic hydroxyl groups is 1. The first-order valence-corrected chi connectivity index (χ1v) is 18.3. The van der Waals surface area contributed by atoms with Gasteiger partial charge in [-0.2, -0.15) is 5.26 Å². The molecule has 1 saturated heterocycles. The first kappa shape index (κ1) is 38.7. The van der Waals surface area contributed by atoms with Crippen LogP contribution in [-0.2, 0) is 31.3 Å². The lowest BCUT2D eigenvalue weighted by Gasteiger charge is -2.40. The molecule has 1 N–H and O–H groups in total. The fourth-order valence-corrected chi connectivity index (χ4v) is 7.93. The van der Waals surface area contributed by atoms with Crippen LogP contribution in [0.3, 0.4) is 0 Å². The highest BCUT2D eigenvalue weighted by atomic mass is 35.5. The van der Waals surface area contributed by atoms with Crippen LogP contribution < -0.4 is 4.90 Å². The van der Waals surface area contributed by atoms with Gasteiger partial charge in [0.25, 0.3) is 11.8 Å². The number of benzene rings is 3. The van der Waals surface area contributed by atoms with E-state index < -0.39 is 0 Å². The van der Waals surface area contributed by atoms with Crippen LogP contribution in [-0.4, -0.2) is 74.7 Å². The maximum absolute atomic E-state index is 14.8. The molecule has 0 radical (unpaired) electrons. The van der Waals surface area contributed by atoms with Crippen molar-refractivity contribution in [2.45, 2.75) is 46.3 Å². The summed E-state index contributed by atoms with van der Waals surface area (Å²) in [4.78, 5) is 35.6. The number of fused-ring (bicyclic) bond motifs is 1. The highest BCUT2D eigenvalue weighted by Gasteiger charge is 2.34. The Balaban J connectivity index is 0.00000497. The number of hydrogen-bond acceptors (Lipinski definition) is 6. The van der Waals surface area contributed by atoms with Gasteiger partial charge in [0.15, 0.2) is 0 Å². The molecule has 1 fully saturated rings. The van der Waals surface area contributed by atoms with Crippen LogP contribution in [0.4, 0.5) is 11.4 Å². The van der Waals surface area contributed by atoms with E-state index in [9.17, 15) is 20.0 Å². The summed E-state index contributed by atoms with van der Waals surface area (Å²) < 4.78 is 9.40. The Hall–Kier alpha value is -5.05. The molecule has 2 amide bonds. The number of morpholine rings is 1. The summed E-state index contributed by atoms with van der Waals surface area (Å²) in [6.07, 6.45) is 0.754. The van der Waals surface area contributed by atoms with E-state index in [4.69, 9.17) is 16.3 Å². The van der Waals surface area contributed by atoms with Crippen molar-refractivity contribution in [1.82, 2.24) is 18.9 Å². The highest BCUT2D eigenvalue weighted by Crippen LogP contribution is 2.37. The van der Waals surface area contributed by atoms with Gasteiger partial charge in [-0.1, -0.05) is 35.9 Å². The van der Waals surface area contributed by atoms with E-state index >= 15 is 0 Å². The molecular formula is C42H44Cl2N6O4. The van der Waals surface area contributed by atoms with E-state index in [1.807, 2.05) is 54.0 Å². The minimum absolute atomic E-state index is 0. The molecule has 280 valence electrons. The fraction of sp³-hybridized carbons (Fsp3) is 0.310. The van der Waals surface area contributed by atoms with E-state index in [2.05, 4.69) is 29.2 Å². The Kier molecular flexibility index (Phi) is 11.5. The van der Waals surface area contributed by atoms with Gasteiger partial charge in [-0.05, 0) is 92.9 Å². The second-order valence-electron chi connectivity index (χ2n) is 13.8. The Labute approximate surface area is 327 Å². The number of amides is 2. The van der Waals surface area contributed by atoms with Gasteiger partial charge in [0.1, 0.15) is 17.5 Å². The topological polar surface area (TPSA) is 107 Å². The van der Waals surface area contributed by atoms with E-state index in [0.29, 0.717) is 76.5 Å². The van der Waals surface area contributed by atoms with E-state index in [0.717, 1.165) is 37.3 Å². The average Bonchev–Trinajstić information content (AvgIpc) is 3.65. The van der Waals surface area contributed by atoms with Crippen molar-refractivity contribution in [3.8, 4) is 23.1 Å². The maximum Gasteiger partial charge on any atom is 0.264 e. The van der Waals surface area contributed by atoms with Crippen molar-refractivity contribution in [1.29, 1.82) is 5.26 Å². The normalized spacial score (nSPS) is 15.6. The first-order valence-electron chi connectivity index (χ1n) is 18.0. The molecule has 0 aliphatic carbocycles. The van der Waals surface area contributed by atoms with Crippen LogP contribution in [0.25, 0.3) is 11.3 Å². The molecule has 2 aromatic heterocycles. The smallest absolute Gasteiger partial charge is 0.264 e. The Bertz CT molecular complexity index is 2230. The lowest BCUT2D eigenvalue weighted by Crippen LogP contribution is -2.52. The molecule has 10 nitrogen and oxygen atoms in total. The lowest BCUT2D eigenvalue weighted by atomic mass is 9.92. The number of aromatic nitrogens is 2. The number of phenolic OH excluding ortho intramolecular Hbond substituents is 1. The summed E-state index contributed by atoms with van der Waals surface area (Å²) in [6, 6.07) is 25.8. The number of anilines is 2. The van der Waals surface area contributed by atoms with Crippen LogP contribution in [0.15, 0.2) is 78.9 Å². The summed E-state index contributed by atoms with van der Waals surface area (Å²) in [5.74, 6) is -0.339. The zero-order chi connectivity index (χ0) is 37.4. The van der Waals surface area contributed by atoms with E-state index in [-0.39, 0.29) is 36.0 Å². The van der Waals surface area contributed by atoms with Crippen molar-refractivity contribution in [3.63, 3.8) is 0 Å². The summed E-state index contributed by atoms with van der Waals surface area (Å²) in [5, 5.41) is 20.5. The Morgan fingerprint density at radius 3 is 2.33 bits per heavy atom. The third-order valence-electron chi connectivity index (χ3n) is 10.8. The number of ether oxygens (including phenoxy) is 1. The molecule has 0 saturated carbocycles. The number of phenols is 1. The minimum Gasteiger partial charge on any atom is -0.508 e. The molecular weight excluding hydrogens is 723 g/mol. The number of nitrogens with zero attached hydrogens (tertiary/aromatic N) is 6. The summed E-state index contributed by atoms with van der Waals surface area (Å²) in [5.41, 5.74) is 7.63. The molecule has 54 heavy (non-hydrogen) atoms. The van der Waals surface area contributed by atoms with Gasteiger partial charge < -0.3 is 23.9 Å². The van der Waals surface area contributed by atoms with Crippen molar-refractivity contribution < 1.29 is 19.4 Å². The van der Waals surface area contributed by atoms with E-state index in [1.54, 1.807) is 41.3 Å². The predicted octanol–water partition coefficient (Wildman–Crippen LogP) is 7.66. The van der Waals surface area contributed by atoms with Crippen molar-refractivity contribution in [3.05, 3.63) is 123 Å². The second-order valence-corrected chi connectivity index (χ2v) is 14.2. The number of rotatable bonds is 8. The summed E-state index contributed by atoms with van der Waals surface area (Å²) >= 11 is 6.65. The van der Waals surface area contributed by atoms with Crippen LogP contribution in [0.5, 0.6) is 5.75 Å². The van der Waals surface area contributed by atoms with Gasteiger partial charge in [0.05, 0.1) is 24.5 Å². The molecule has 4 heterocycles. The summed E-state index contributed by atoms with van der Waals surface area (Å²) in [6.45, 7) is 10.5. The molecule has 0 unspecified atom stereocenters. The summed E-state index contributed by atoms with van der Waals surface area (Å²) in [7, 11) is 1.88. The van der Waals surface area contributed by atoms with Gasteiger partial charge in [-0.15, -0.1) is 12.4 Å². The van der Waals surface area contributed by atoms with Gasteiger partial charge in [0.2, 0.25) is 0 Å². The minimum atomic E-state index is -0.316. The molecule has 1 atom stereocenters. The largest absolute Gasteiger partial charge is 0.508 e. The Morgan fingerprint density at radius 1 is 0.963 bits per heavy atom. The number of halogens is 2. The third kappa shape index (κ3) is 7.25. The molecule has 5 aromatic rings. The standard InChI is InChI=1S/C42H43ClN6O4.ClH/c1-5-47-28(3)39(22-33(47)24-44)49(32-11-13-35(50)14-12-32)42(52)37-23-40(45(4)27(37)2)38-21-31(43)10-15-36(38)41(51)48-25-30-9-7-6-8-29(30)20-34(48)26-46-16-18-53-19-17-46;/h6-15,21-23,34,50H,5,16-20,25-26H2,1-4H3;1H/t34-;/m0./s1. The number of nitriles is 1. The van der Waals surface area contributed by atoms with Gasteiger partial charge in [-0.25, -0.2) is 0 Å². The quantitative estimate of drug-likeness (QED) is 0.174. The fourth-order valence-electron chi connectivity index (χ4n) is 7.76. The molecule has 2 aliphatic heterocycles. The van der Waals surface area contributed by atoms with Crippen LogP contribution in [0, 0.1) is 25.2 Å². The molecule has 2 aliphatic rings. The lowest BCUT2D eigenvalue weighted by molar-refractivity contribution is 0.0193. The average molecular weight is 768 g/mol. The molecule has 7 rings (SSSR count). The molecule has 3 aromatic carbocycles. The molecule has 12 heteroatoms. The van der Waals surface area contributed by atoms with Crippen LogP contribution in [0.2, 0.25) is 5.02 Å². The van der Waals surface area contributed by atoms with Crippen molar-refractivity contribution >= 4 is 47.2 Å². The van der Waals surface area contributed by atoms with E-state index in [1.165, 1.54) is 17.7 Å². The number of carbonyl (C=O) groups is 2. The zero-order valence-electron chi connectivity index (χ0n) is 30.9. The molecule has 0 bridgehead atoms. The van der Waals surface area contributed by atoms with Gasteiger partial charge in [-0.3, -0.25) is 19.4 Å². The van der Waals surface area contributed by atoms with Gasteiger partial charge >= 0.3 is 0 Å². The predicted molar refractivity (Wildman–Crippen MR) is 213 cm³/mol. The van der Waals surface area contributed by atoms with Crippen molar-refractivity contribution in [2.24, 2.45) is 7.05 Å². The first-order chi connectivity index (χ1) is 25.6. The van der Waals surface area contributed by atoms with Gasteiger partial charge in [0, 0.05) is 84.7 Å². The Morgan fingerprint density at radius 2 is 1.67 bits per heavy atom. The number of hydrogen-bond donors (Lipinski definition) is 1. The SMILES string of the molecule is CCn1c(C#N)cc(N(C(=O)c2cc(-c3cc(Cl)ccc3C(=O)N3Cc4ccccc4C[C@H]3CN3CCOCC3)n(C)c2C)c2ccc(O)cc2)c1C.Cl.